The average molecular weight is 446 g/mol. The van der Waals surface area contributed by atoms with Crippen molar-refractivity contribution in [3.8, 4) is 5.75 Å². The van der Waals surface area contributed by atoms with Crippen LogP contribution in [0.1, 0.15) is 48.4 Å². The topological polar surface area (TPSA) is 55.5 Å². The highest BCUT2D eigenvalue weighted by Gasteiger charge is 2.35. The van der Waals surface area contributed by atoms with E-state index in [0.717, 1.165) is 23.6 Å². The Morgan fingerprint density at radius 2 is 1.73 bits per heavy atom. The van der Waals surface area contributed by atoms with Crippen LogP contribution < -0.4 is 10.5 Å². The van der Waals surface area contributed by atoms with E-state index in [9.17, 15) is 18.3 Å². The third-order valence-corrected chi connectivity index (χ3v) is 5.23. The number of halogens is 4. The fraction of sp³-hybridized carbons (Fsp3) is 0.478. The molecule has 0 saturated carbocycles. The van der Waals surface area contributed by atoms with Crippen molar-refractivity contribution in [2.45, 2.75) is 57.7 Å². The monoisotopic (exact) mass is 445 g/mol. The first-order chi connectivity index (χ1) is 13.7. The summed E-state index contributed by atoms with van der Waals surface area (Å²) >= 11 is 0. The maximum atomic E-state index is 13.5. The Kier molecular flexibility index (Phi) is 10.1. The maximum Gasteiger partial charge on any atom is 0.419 e. The first kappa shape index (κ1) is 26.3. The van der Waals surface area contributed by atoms with Gasteiger partial charge in [-0.25, -0.2) is 0 Å². The van der Waals surface area contributed by atoms with E-state index < -0.39 is 17.3 Å². The standard InChI is InChI=1S/C23H30F3NO2.ClH/c1-3-22(27,16-28)12-11-19-9-10-21(20(15-19)23(24,25)26)29-13-5-8-18-7-4-6-17(2)14-18;/h4,6-7,9-10,14-15,28H,3,5,8,11-13,16,27H2,1-2H3;1H. The predicted molar refractivity (Wildman–Crippen MR) is 116 cm³/mol. The van der Waals surface area contributed by atoms with Crippen molar-refractivity contribution in [3.63, 3.8) is 0 Å². The van der Waals surface area contributed by atoms with Gasteiger partial charge in [-0.05, 0) is 62.3 Å². The zero-order chi connectivity index (χ0) is 21.5. The maximum absolute atomic E-state index is 13.5. The SMILES string of the molecule is CCC(N)(CO)CCc1ccc(OCCCc2cccc(C)c2)c(C(F)(F)F)c1.Cl. The second-order valence-corrected chi connectivity index (χ2v) is 7.64. The number of alkyl halides is 3. The van der Waals surface area contributed by atoms with Gasteiger partial charge in [-0.15, -0.1) is 12.4 Å². The Morgan fingerprint density at radius 3 is 2.33 bits per heavy atom. The predicted octanol–water partition coefficient (Wildman–Crippen LogP) is 5.48. The van der Waals surface area contributed by atoms with Crippen molar-refractivity contribution in [2.24, 2.45) is 5.73 Å². The van der Waals surface area contributed by atoms with Gasteiger partial charge < -0.3 is 15.6 Å². The summed E-state index contributed by atoms with van der Waals surface area (Å²) in [6, 6.07) is 12.2. The number of hydrogen-bond acceptors (Lipinski definition) is 3. The fourth-order valence-corrected chi connectivity index (χ4v) is 3.17. The highest BCUT2D eigenvalue weighted by atomic mass is 35.5. The van der Waals surface area contributed by atoms with E-state index >= 15 is 0 Å². The molecule has 3 N–H and O–H groups in total. The van der Waals surface area contributed by atoms with Crippen LogP contribution in [0, 0.1) is 6.92 Å². The third-order valence-electron chi connectivity index (χ3n) is 5.23. The van der Waals surface area contributed by atoms with E-state index in [0.29, 0.717) is 31.2 Å². The molecule has 2 rings (SSSR count). The molecule has 0 bridgehead atoms. The van der Waals surface area contributed by atoms with Gasteiger partial charge in [-0.2, -0.15) is 13.2 Å². The Bertz CT molecular complexity index is 792. The van der Waals surface area contributed by atoms with Crippen LogP contribution in [0.4, 0.5) is 13.2 Å². The molecule has 7 heteroatoms. The zero-order valence-electron chi connectivity index (χ0n) is 17.5. The molecule has 0 fully saturated rings. The smallest absolute Gasteiger partial charge is 0.419 e. The summed E-state index contributed by atoms with van der Waals surface area (Å²) in [5.74, 6) is -0.151. The highest BCUT2D eigenvalue weighted by Crippen LogP contribution is 2.37. The number of nitrogens with two attached hydrogens (primary N) is 1. The van der Waals surface area contributed by atoms with Crippen LogP contribution in [0.2, 0.25) is 0 Å². The number of aliphatic hydroxyl groups is 1. The number of benzene rings is 2. The Morgan fingerprint density at radius 1 is 1.03 bits per heavy atom. The molecule has 0 aliphatic rings. The van der Waals surface area contributed by atoms with Gasteiger partial charge >= 0.3 is 6.18 Å². The van der Waals surface area contributed by atoms with Crippen LogP contribution in [-0.2, 0) is 19.0 Å². The van der Waals surface area contributed by atoms with Crippen LogP contribution >= 0.6 is 12.4 Å². The van der Waals surface area contributed by atoms with E-state index in [1.54, 1.807) is 6.07 Å². The highest BCUT2D eigenvalue weighted by molar-refractivity contribution is 5.85. The number of aliphatic hydroxyl groups excluding tert-OH is 1. The normalized spacial score (nSPS) is 13.4. The van der Waals surface area contributed by atoms with E-state index in [-0.39, 0.29) is 31.4 Å². The lowest BCUT2D eigenvalue weighted by atomic mass is 9.90. The van der Waals surface area contributed by atoms with Crippen LogP contribution in [0.5, 0.6) is 5.75 Å². The van der Waals surface area contributed by atoms with Crippen LogP contribution in [0.25, 0.3) is 0 Å². The van der Waals surface area contributed by atoms with E-state index in [1.807, 2.05) is 32.0 Å². The first-order valence-electron chi connectivity index (χ1n) is 9.95. The van der Waals surface area contributed by atoms with Gasteiger partial charge in [-0.3, -0.25) is 0 Å². The minimum atomic E-state index is -4.50. The van der Waals surface area contributed by atoms with E-state index in [4.69, 9.17) is 10.5 Å². The summed E-state index contributed by atoms with van der Waals surface area (Å²) in [5.41, 5.74) is 7.32. The Balaban J connectivity index is 0.00000450. The quantitative estimate of drug-likeness (QED) is 0.476. The largest absolute Gasteiger partial charge is 0.493 e. The van der Waals surface area contributed by atoms with Crippen LogP contribution in [-0.4, -0.2) is 23.9 Å². The van der Waals surface area contributed by atoms with Crippen molar-refractivity contribution >= 4 is 12.4 Å². The minimum Gasteiger partial charge on any atom is -0.493 e. The molecule has 0 radical (unpaired) electrons. The summed E-state index contributed by atoms with van der Waals surface area (Å²) < 4.78 is 46.0. The van der Waals surface area contributed by atoms with Crippen molar-refractivity contribution < 1.29 is 23.0 Å². The molecule has 0 aliphatic heterocycles. The fourth-order valence-electron chi connectivity index (χ4n) is 3.17. The lowest BCUT2D eigenvalue weighted by molar-refractivity contribution is -0.139. The molecule has 0 aromatic heterocycles. The molecule has 2 aromatic rings. The van der Waals surface area contributed by atoms with Crippen LogP contribution in [0.15, 0.2) is 42.5 Å². The summed E-state index contributed by atoms with van der Waals surface area (Å²) in [7, 11) is 0. The number of aryl methyl sites for hydroxylation is 3. The molecule has 0 aliphatic carbocycles. The minimum absolute atomic E-state index is 0. The van der Waals surface area contributed by atoms with Crippen molar-refractivity contribution in [3.05, 3.63) is 64.7 Å². The lowest BCUT2D eigenvalue weighted by Crippen LogP contribution is -2.43. The Hall–Kier alpha value is -1.76. The molecule has 168 valence electrons. The molecule has 0 saturated heterocycles. The summed E-state index contributed by atoms with van der Waals surface area (Å²) in [6.07, 6.45) is -1.79. The average Bonchev–Trinajstić information content (AvgIpc) is 2.69. The van der Waals surface area contributed by atoms with Gasteiger partial charge in [0, 0.05) is 5.54 Å². The van der Waals surface area contributed by atoms with Gasteiger partial charge in [0.15, 0.2) is 0 Å². The molecule has 3 nitrogen and oxygen atoms in total. The van der Waals surface area contributed by atoms with E-state index in [2.05, 4.69) is 6.07 Å². The molecule has 30 heavy (non-hydrogen) atoms. The van der Waals surface area contributed by atoms with Crippen molar-refractivity contribution in [1.29, 1.82) is 0 Å². The van der Waals surface area contributed by atoms with Gasteiger partial charge in [0.25, 0.3) is 0 Å². The molecule has 0 heterocycles. The molecule has 2 aromatic carbocycles. The van der Waals surface area contributed by atoms with Gasteiger partial charge in [0.2, 0.25) is 0 Å². The van der Waals surface area contributed by atoms with Gasteiger partial charge in [0.1, 0.15) is 5.75 Å². The van der Waals surface area contributed by atoms with Crippen molar-refractivity contribution in [2.75, 3.05) is 13.2 Å². The van der Waals surface area contributed by atoms with E-state index in [1.165, 1.54) is 6.07 Å². The van der Waals surface area contributed by atoms with Crippen molar-refractivity contribution in [1.82, 2.24) is 0 Å². The molecule has 0 spiro atoms. The molecule has 0 amide bonds. The van der Waals surface area contributed by atoms with Gasteiger partial charge in [0.05, 0.1) is 18.8 Å². The second kappa shape index (κ2) is 11.6. The third kappa shape index (κ3) is 7.82. The number of hydrogen-bond donors (Lipinski definition) is 2. The molecule has 1 unspecified atom stereocenters. The number of rotatable bonds is 10. The molecular weight excluding hydrogens is 415 g/mol. The molecular formula is C23H31ClF3NO2. The summed E-state index contributed by atoms with van der Waals surface area (Å²) in [6.45, 7) is 3.87. The number of ether oxygens (including phenoxy) is 1. The zero-order valence-corrected chi connectivity index (χ0v) is 18.3. The summed E-state index contributed by atoms with van der Waals surface area (Å²) in [4.78, 5) is 0. The second-order valence-electron chi connectivity index (χ2n) is 7.64. The Labute approximate surface area is 182 Å². The summed E-state index contributed by atoms with van der Waals surface area (Å²) in [5, 5.41) is 9.38. The molecule has 1 atom stereocenters. The van der Waals surface area contributed by atoms with Gasteiger partial charge in [-0.1, -0.05) is 42.8 Å². The van der Waals surface area contributed by atoms with Crippen LogP contribution in [0.3, 0.4) is 0 Å². The lowest BCUT2D eigenvalue weighted by Gasteiger charge is -2.25. The first-order valence-corrected chi connectivity index (χ1v) is 9.95.